The molecule has 1 aliphatic heterocycles. The van der Waals surface area contributed by atoms with Crippen LogP contribution >= 0.6 is 11.3 Å². The number of anilines is 2. The maximum absolute atomic E-state index is 13.0. The molecule has 1 saturated heterocycles. The number of aromatic nitrogens is 3. The number of pyridine rings is 2. The molecule has 7 nitrogen and oxygen atoms in total. The lowest BCUT2D eigenvalue weighted by Gasteiger charge is -2.32. The van der Waals surface area contributed by atoms with E-state index in [4.69, 9.17) is 9.97 Å². The van der Waals surface area contributed by atoms with Crippen LogP contribution in [0.15, 0.2) is 42.7 Å². The molecule has 0 aromatic carbocycles. The summed E-state index contributed by atoms with van der Waals surface area (Å²) < 4.78 is 0. The lowest BCUT2D eigenvalue weighted by atomic mass is 9.81. The molecule has 34 heavy (non-hydrogen) atoms. The fraction of sp³-hybridized carbons (Fsp3) is 0.462. The fourth-order valence-electron chi connectivity index (χ4n) is 5.11. The van der Waals surface area contributed by atoms with Gasteiger partial charge in [-0.25, -0.2) is 15.0 Å². The van der Waals surface area contributed by atoms with E-state index in [1.807, 2.05) is 48.4 Å². The number of thiazole rings is 1. The Kier molecular flexibility index (Phi) is 6.87. The summed E-state index contributed by atoms with van der Waals surface area (Å²) in [5.74, 6) is 2.26. The number of likely N-dealkylation sites (tertiary alicyclic amines) is 1. The minimum absolute atomic E-state index is 0.0196. The maximum Gasteiger partial charge on any atom is 0.226 e. The number of aliphatic hydroxyl groups excluding tert-OH is 1. The predicted octanol–water partition coefficient (Wildman–Crippen LogP) is 4.91. The number of amides is 1. The molecular weight excluding hydrogens is 446 g/mol. The third-order valence-corrected chi connectivity index (χ3v) is 8.18. The molecule has 1 saturated carbocycles. The van der Waals surface area contributed by atoms with Crippen molar-refractivity contribution in [3.63, 3.8) is 0 Å². The van der Waals surface area contributed by atoms with E-state index in [0.717, 1.165) is 77.8 Å². The highest BCUT2D eigenvalue weighted by Gasteiger charge is 2.35. The van der Waals surface area contributed by atoms with E-state index < -0.39 is 0 Å². The second-order valence-electron chi connectivity index (χ2n) is 9.37. The molecule has 2 N–H and O–H groups in total. The number of carbonyl (C=O) groups is 1. The third-order valence-electron chi connectivity index (χ3n) is 6.99. The van der Waals surface area contributed by atoms with E-state index in [9.17, 15) is 9.90 Å². The molecule has 2 fully saturated rings. The molecule has 0 radical (unpaired) electrons. The van der Waals surface area contributed by atoms with E-state index in [1.54, 1.807) is 17.5 Å². The van der Waals surface area contributed by atoms with Crippen molar-refractivity contribution in [3.05, 3.63) is 53.3 Å². The fourth-order valence-corrected chi connectivity index (χ4v) is 6.17. The van der Waals surface area contributed by atoms with Crippen molar-refractivity contribution in [2.45, 2.75) is 57.4 Å². The van der Waals surface area contributed by atoms with Crippen LogP contribution in [0.4, 0.5) is 11.6 Å². The van der Waals surface area contributed by atoms with Gasteiger partial charge in [0.25, 0.3) is 0 Å². The minimum atomic E-state index is 0.0196. The molecule has 8 heteroatoms. The van der Waals surface area contributed by atoms with E-state index >= 15 is 0 Å². The first kappa shape index (κ1) is 22.9. The summed E-state index contributed by atoms with van der Waals surface area (Å²) in [6.07, 6.45) is 9.39. The molecule has 3 aromatic rings. The molecular formula is C26H31N5O2S. The Balaban J connectivity index is 1.21. The van der Waals surface area contributed by atoms with Crippen LogP contribution in [-0.4, -0.2) is 50.1 Å². The van der Waals surface area contributed by atoms with Crippen molar-refractivity contribution < 1.29 is 9.90 Å². The Bertz CT molecular complexity index is 1140. The first-order chi connectivity index (χ1) is 16.6. The van der Waals surface area contributed by atoms with Gasteiger partial charge < -0.3 is 15.3 Å². The highest BCUT2D eigenvalue weighted by Crippen LogP contribution is 2.40. The summed E-state index contributed by atoms with van der Waals surface area (Å²) in [7, 11) is 0. The summed E-state index contributed by atoms with van der Waals surface area (Å²) in [5.41, 5.74) is 2.04. The van der Waals surface area contributed by atoms with Crippen LogP contribution in [0.5, 0.6) is 0 Å². The topological polar surface area (TPSA) is 91.2 Å². The third kappa shape index (κ3) is 4.98. The van der Waals surface area contributed by atoms with Crippen LogP contribution in [0.1, 0.15) is 55.0 Å². The monoisotopic (exact) mass is 477 g/mol. The minimum Gasteiger partial charge on any atom is -0.394 e. The van der Waals surface area contributed by atoms with E-state index in [2.05, 4.69) is 10.3 Å². The van der Waals surface area contributed by atoms with Gasteiger partial charge in [0.2, 0.25) is 5.91 Å². The zero-order valence-corrected chi connectivity index (χ0v) is 20.3. The number of hydrogen-bond donors (Lipinski definition) is 2. The lowest BCUT2D eigenvalue weighted by Crippen LogP contribution is -2.42. The van der Waals surface area contributed by atoms with Gasteiger partial charge in [-0.3, -0.25) is 4.79 Å². The summed E-state index contributed by atoms with van der Waals surface area (Å²) in [5, 5.41) is 14.0. The number of nitrogens with one attached hydrogen (secondary N) is 1. The summed E-state index contributed by atoms with van der Waals surface area (Å²) >= 11 is 1.70. The van der Waals surface area contributed by atoms with Crippen LogP contribution < -0.4 is 5.32 Å². The highest BCUT2D eigenvalue weighted by atomic mass is 32.1. The molecule has 5 rings (SSSR count). The molecule has 0 bridgehead atoms. The van der Waals surface area contributed by atoms with Gasteiger partial charge in [-0.1, -0.05) is 6.07 Å². The Labute approximate surface area is 204 Å². The number of nitrogens with zero attached hydrogens (tertiary/aromatic N) is 4. The maximum atomic E-state index is 13.0. The summed E-state index contributed by atoms with van der Waals surface area (Å²) in [4.78, 5) is 29.8. The molecule has 178 valence electrons. The molecule has 1 aliphatic carbocycles. The van der Waals surface area contributed by atoms with Crippen molar-refractivity contribution in [2.24, 2.45) is 5.92 Å². The van der Waals surface area contributed by atoms with Crippen LogP contribution in [0.2, 0.25) is 0 Å². The van der Waals surface area contributed by atoms with Crippen LogP contribution in [0.3, 0.4) is 0 Å². The van der Waals surface area contributed by atoms with Crippen molar-refractivity contribution in [2.75, 3.05) is 18.5 Å². The summed E-state index contributed by atoms with van der Waals surface area (Å²) in [6, 6.07) is 9.93. The molecule has 3 aromatic heterocycles. The van der Waals surface area contributed by atoms with Crippen molar-refractivity contribution >= 4 is 28.9 Å². The molecule has 4 heterocycles. The standard InChI is InChI=1S/C26H31N5O2S/c1-17-11-12-27-24(14-17)30-23-6-2-5-21(29-23)22-15-28-25(34-22)18-7-9-19(10-8-18)26(33)31-13-3-4-20(31)16-32/h2,5-6,11-12,14-15,18-20,32H,3-4,7-10,13,16H2,1H3,(H,27,29,30)/t18-,19-,20-/m0/s1. The molecule has 1 atom stereocenters. The number of hydrogen-bond acceptors (Lipinski definition) is 7. The van der Waals surface area contributed by atoms with E-state index in [0.29, 0.717) is 5.92 Å². The van der Waals surface area contributed by atoms with Gasteiger partial charge in [0.1, 0.15) is 11.6 Å². The average Bonchev–Trinajstić information content (AvgIpc) is 3.54. The van der Waals surface area contributed by atoms with Crippen LogP contribution in [0, 0.1) is 12.8 Å². The SMILES string of the molecule is Cc1ccnc(Nc2cccc(-c3cnc([C@H]4CC[C@H](C(=O)N5CCC[C@H]5CO)CC4)s3)n2)c1. The Morgan fingerprint density at radius 3 is 2.79 bits per heavy atom. The predicted molar refractivity (Wildman–Crippen MR) is 134 cm³/mol. The van der Waals surface area contributed by atoms with Gasteiger partial charge >= 0.3 is 0 Å². The Morgan fingerprint density at radius 1 is 1.15 bits per heavy atom. The highest BCUT2D eigenvalue weighted by molar-refractivity contribution is 7.15. The number of rotatable bonds is 6. The first-order valence-corrected chi connectivity index (χ1v) is 13.0. The first-order valence-electron chi connectivity index (χ1n) is 12.1. The second-order valence-corrected chi connectivity index (χ2v) is 10.4. The number of aryl methyl sites for hydroxylation is 1. The lowest BCUT2D eigenvalue weighted by molar-refractivity contribution is -0.138. The van der Waals surface area contributed by atoms with Crippen molar-refractivity contribution in [1.82, 2.24) is 19.9 Å². The molecule has 2 aliphatic rings. The Hall–Kier alpha value is -2.84. The van der Waals surface area contributed by atoms with E-state index in [1.165, 1.54) is 0 Å². The van der Waals surface area contributed by atoms with Gasteiger partial charge in [0.05, 0.1) is 28.2 Å². The zero-order chi connectivity index (χ0) is 23.5. The average molecular weight is 478 g/mol. The second kappa shape index (κ2) is 10.2. The zero-order valence-electron chi connectivity index (χ0n) is 19.5. The normalized spacial score (nSPS) is 22.6. The Morgan fingerprint density at radius 2 is 2.00 bits per heavy atom. The molecule has 0 unspecified atom stereocenters. The van der Waals surface area contributed by atoms with Crippen molar-refractivity contribution in [1.29, 1.82) is 0 Å². The van der Waals surface area contributed by atoms with Gasteiger partial charge in [-0.05, 0) is 75.3 Å². The van der Waals surface area contributed by atoms with Gasteiger partial charge in [-0.2, -0.15) is 0 Å². The number of carbonyl (C=O) groups excluding carboxylic acids is 1. The van der Waals surface area contributed by atoms with Crippen LogP contribution in [0.25, 0.3) is 10.6 Å². The van der Waals surface area contributed by atoms with Gasteiger partial charge in [-0.15, -0.1) is 11.3 Å². The van der Waals surface area contributed by atoms with Crippen LogP contribution in [-0.2, 0) is 4.79 Å². The largest absolute Gasteiger partial charge is 0.394 e. The quantitative estimate of drug-likeness (QED) is 0.524. The summed E-state index contributed by atoms with van der Waals surface area (Å²) in [6.45, 7) is 2.91. The van der Waals surface area contributed by atoms with E-state index in [-0.39, 0.29) is 24.5 Å². The molecule has 0 spiro atoms. The van der Waals surface area contributed by atoms with Crippen molar-refractivity contribution in [3.8, 4) is 10.6 Å². The number of aliphatic hydroxyl groups is 1. The molecule has 1 amide bonds. The smallest absolute Gasteiger partial charge is 0.226 e. The van der Waals surface area contributed by atoms with Gasteiger partial charge in [0.15, 0.2) is 0 Å². The van der Waals surface area contributed by atoms with Gasteiger partial charge in [0, 0.05) is 30.8 Å².